The number of benzene rings is 1. The molecule has 3 aromatic rings. The summed E-state index contributed by atoms with van der Waals surface area (Å²) >= 11 is 0. The maximum absolute atomic E-state index is 13.1. The number of pyridine rings is 2. The lowest BCUT2D eigenvalue weighted by molar-refractivity contribution is 0.0949. The van der Waals surface area contributed by atoms with Crippen molar-refractivity contribution in [2.75, 3.05) is 19.5 Å². The van der Waals surface area contributed by atoms with E-state index in [0.717, 1.165) is 11.1 Å². The number of hydrogen-bond acceptors (Lipinski definition) is 7. The van der Waals surface area contributed by atoms with Crippen LogP contribution in [0.1, 0.15) is 35.3 Å². The molecule has 0 saturated carbocycles. The highest BCUT2D eigenvalue weighted by molar-refractivity contribution is 7.53. The van der Waals surface area contributed by atoms with Gasteiger partial charge >= 0.3 is 7.60 Å². The Labute approximate surface area is 189 Å². The van der Waals surface area contributed by atoms with Crippen LogP contribution in [0.2, 0.25) is 0 Å². The largest absolute Gasteiger partial charge is 0.505 e. The number of nitrogens with one attached hydrogen (secondary N) is 1. The Morgan fingerprint density at radius 3 is 2.42 bits per heavy atom. The van der Waals surface area contributed by atoms with Crippen LogP contribution in [0.5, 0.6) is 5.75 Å². The Bertz CT molecular complexity index is 1270. The van der Waals surface area contributed by atoms with Gasteiger partial charge in [-0.05, 0) is 49.6 Å². The molecular formula is C22H25FN3O6P. The van der Waals surface area contributed by atoms with Gasteiger partial charge in [-0.25, -0.2) is 4.39 Å². The number of aromatic nitrogens is 2. The van der Waals surface area contributed by atoms with Crippen molar-refractivity contribution in [1.29, 1.82) is 0 Å². The molecule has 3 rings (SSSR count). The minimum atomic E-state index is -3.59. The van der Waals surface area contributed by atoms with E-state index in [1.54, 1.807) is 32.0 Å². The molecule has 1 aromatic carbocycles. The van der Waals surface area contributed by atoms with Crippen LogP contribution in [0.3, 0.4) is 0 Å². The Morgan fingerprint density at radius 2 is 1.82 bits per heavy atom. The summed E-state index contributed by atoms with van der Waals surface area (Å²) in [5.74, 6) is -1.85. The van der Waals surface area contributed by atoms with Crippen LogP contribution in [0.4, 0.5) is 4.39 Å². The van der Waals surface area contributed by atoms with Crippen molar-refractivity contribution >= 4 is 24.5 Å². The number of amides is 1. The molecule has 0 aliphatic heterocycles. The van der Waals surface area contributed by atoms with E-state index in [9.17, 15) is 23.7 Å². The third-order valence-electron chi connectivity index (χ3n) is 4.90. The molecule has 2 N–H and O–H groups in total. The topological polar surface area (TPSA) is 120 Å². The summed E-state index contributed by atoms with van der Waals surface area (Å²) in [6.07, 6.45) is 1.48. The van der Waals surface area contributed by atoms with E-state index in [1.165, 1.54) is 29.9 Å². The number of nitrogens with zero attached hydrogens (tertiary/aromatic N) is 2. The Kier molecular flexibility index (Phi) is 7.63. The van der Waals surface area contributed by atoms with Gasteiger partial charge in [0.1, 0.15) is 23.2 Å². The van der Waals surface area contributed by atoms with Crippen molar-refractivity contribution in [3.63, 3.8) is 0 Å². The molecular weight excluding hydrogens is 452 g/mol. The fourth-order valence-corrected chi connectivity index (χ4v) is 4.73. The van der Waals surface area contributed by atoms with Crippen LogP contribution in [0.25, 0.3) is 11.0 Å². The zero-order chi connectivity index (χ0) is 24.2. The molecule has 11 heteroatoms. The number of halogens is 1. The third-order valence-corrected chi connectivity index (χ3v) is 6.75. The molecule has 0 aliphatic carbocycles. The molecule has 0 fully saturated rings. The van der Waals surface area contributed by atoms with Crippen LogP contribution in [0.15, 0.2) is 41.3 Å². The minimum Gasteiger partial charge on any atom is -0.505 e. The highest BCUT2D eigenvalue weighted by Crippen LogP contribution is 2.46. The molecule has 33 heavy (non-hydrogen) atoms. The van der Waals surface area contributed by atoms with E-state index in [-0.39, 0.29) is 24.5 Å². The molecule has 1 amide bonds. The summed E-state index contributed by atoms with van der Waals surface area (Å²) < 4.78 is 37.1. The SMILES string of the molecule is CCOP(=O)(CNC(=O)c1c(O)c2ncc(Cc3ccc(F)cc3)cc2n(C)c1=O)OCC. The van der Waals surface area contributed by atoms with Crippen molar-refractivity contribution in [1.82, 2.24) is 14.9 Å². The highest BCUT2D eigenvalue weighted by Gasteiger charge is 2.27. The van der Waals surface area contributed by atoms with Crippen molar-refractivity contribution in [3.8, 4) is 5.75 Å². The van der Waals surface area contributed by atoms with E-state index in [1.807, 2.05) is 0 Å². The molecule has 176 valence electrons. The van der Waals surface area contributed by atoms with Gasteiger partial charge in [0, 0.05) is 13.2 Å². The summed E-state index contributed by atoms with van der Waals surface area (Å²) in [6.45, 7) is 3.49. The summed E-state index contributed by atoms with van der Waals surface area (Å²) in [6, 6.07) is 7.67. The average molecular weight is 477 g/mol. The van der Waals surface area contributed by atoms with Gasteiger partial charge in [0.15, 0.2) is 5.75 Å². The number of aromatic hydroxyl groups is 1. The molecule has 9 nitrogen and oxygen atoms in total. The Morgan fingerprint density at radius 1 is 1.18 bits per heavy atom. The van der Waals surface area contributed by atoms with Gasteiger partial charge in [0.2, 0.25) is 0 Å². The van der Waals surface area contributed by atoms with E-state index in [2.05, 4.69) is 10.3 Å². The van der Waals surface area contributed by atoms with E-state index in [0.29, 0.717) is 11.9 Å². The zero-order valence-corrected chi connectivity index (χ0v) is 19.4. The zero-order valence-electron chi connectivity index (χ0n) is 18.5. The first-order valence-corrected chi connectivity index (χ1v) is 12.0. The smallest absolute Gasteiger partial charge is 0.349 e. The van der Waals surface area contributed by atoms with Crippen LogP contribution >= 0.6 is 7.60 Å². The molecule has 0 saturated heterocycles. The van der Waals surface area contributed by atoms with Crippen molar-refractivity contribution < 1.29 is 27.9 Å². The minimum absolute atomic E-state index is 0.0582. The first-order chi connectivity index (χ1) is 15.7. The van der Waals surface area contributed by atoms with Crippen molar-refractivity contribution in [3.05, 3.63) is 69.4 Å². The van der Waals surface area contributed by atoms with Gasteiger partial charge in [-0.3, -0.25) is 19.1 Å². The number of hydrogen-bond donors (Lipinski definition) is 2. The lowest BCUT2D eigenvalue weighted by Crippen LogP contribution is -2.33. The fraction of sp³-hybridized carbons (Fsp3) is 0.318. The fourth-order valence-electron chi connectivity index (χ4n) is 3.35. The molecule has 0 bridgehead atoms. The number of carbonyl (C=O) groups is 1. The lowest BCUT2D eigenvalue weighted by atomic mass is 10.1. The number of rotatable bonds is 9. The standard InChI is InChI=1S/C22H25FN3O6P/c1-4-31-33(30,32-5-2)13-25-21(28)18-20(27)19-17(26(3)22(18)29)11-15(12-24-19)10-14-6-8-16(23)9-7-14/h6-9,11-12,27H,4-5,10,13H2,1-3H3,(H,25,28). The summed E-state index contributed by atoms with van der Waals surface area (Å²) in [5.41, 5.74) is 0.681. The maximum Gasteiger partial charge on any atom is 0.349 e. The molecule has 0 spiro atoms. The number of aryl methyl sites for hydroxylation is 1. The summed E-state index contributed by atoms with van der Waals surface area (Å²) in [7, 11) is -2.13. The second-order valence-electron chi connectivity index (χ2n) is 7.21. The monoisotopic (exact) mass is 477 g/mol. The first kappa shape index (κ1) is 24.6. The predicted molar refractivity (Wildman–Crippen MR) is 121 cm³/mol. The van der Waals surface area contributed by atoms with Gasteiger partial charge in [-0.1, -0.05) is 12.1 Å². The molecule has 2 aromatic heterocycles. The third kappa shape index (κ3) is 5.47. The van der Waals surface area contributed by atoms with E-state index in [4.69, 9.17) is 9.05 Å². The Hall–Kier alpha value is -3.07. The number of fused-ring (bicyclic) bond motifs is 1. The first-order valence-electron chi connectivity index (χ1n) is 10.3. The number of carbonyl (C=O) groups excluding carboxylic acids is 1. The predicted octanol–water partition coefficient (Wildman–Crippen LogP) is 3.32. The van der Waals surface area contributed by atoms with Gasteiger partial charge < -0.3 is 24.0 Å². The van der Waals surface area contributed by atoms with Crippen molar-refractivity contribution in [2.24, 2.45) is 7.05 Å². The second-order valence-corrected chi connectivity index (χ2v) is 9.27. The lowest BCUT2D eigenvalue weighted by Gasteiger charge is -2.18. The summed E-state index contributed by atoms with van der Waals surface area (Å²) in [4.78, 5) is 29.8. The normalized spacial score (nSPS) is 11.6. The van der Waals surface area contributed by atoms with Gasteiger partial charge in [0.05, 0.1) is 18.7 Å². The molecule has 0 unspecified atom stereocenters. The average Bonchev–Trinajstić information content (AvgIpc) is 2.78. The molecule has 0 atom stereocenters. The van der Waals surface area contributed by atoms with E-state index >= 15 is 0 Å². The maximum atomic E-state index is 13.1. The van der Waals surface area contributed by atoms with Crippen LogP contribution in [-0.2, 0) is 27.1 Å². The van der Waals surface area contributed by atoms with Gasteiger partial charge in [0.25, 0.3) is 11.5 Å². The van der Waals surface area contributed by atoms with Crippen LogP contribution < -0.4 is 10.9 Å². The highest BCUT2D eigenvalue weighted by atomic mass is 31.2. The quantitative estimate of drug-likeness (QED) is 0.454. The van der Waals surface area contributed by atoms with Crippen LogP contribution in [0, 0.1) is 5.82 Å². The molecule has 2 heterocycles. The van der Waals surface area contributed by atoms with Gasteiger partial charge in [-0.15, -0.1) is 0 Å². The summed E-state index contributed by atoms with van der Waals surface area (Å²) in [5, 5.41) is 13.0. The molecule has 0 aliphatic rings. The van der Waals surface area contributed by atoms with Crippen molar-refractivity contribution in [2.45, 2.75) is 20.3 Å². The van der Waals surface area contributed by atoms with Crippen LogP contribution in [-0.4, -0.2) is 40.1 Å². The molecule has 0 radical (unpaired) electrons. The Balaban J connectivity index is 1.92. The second kappa shape index (κ2) is 10.2. The van der Waals surface area contributed by atoms with E-state index < -0.39 is 36.7 Å². The van der Waals surface area contributed by atoms with Gasteiger partial charge in [-0.2, -0.15) is 0 Å².